The van der Waals surface area contributed by atoms with Crippen molar-refractivity contribution in [2.75, 3.05) is 79.8 Å². The van der Waals surface area contributed by atoms with E-state index >= 15 is 0 Å². The minimum Gasteiger partial charge on any atom is -0.467 e. The lowest BCUT2D eigenvalue weighted by Gasteiger charge is -2.36. The van der Waals surface area contributed by atoms with Gasteiger partial charge < -0.3 is 32.8 Å². The highest BCUT2D eigenvalue weighted by Crippen LogP contribution is 2.36. The first-order chi connectivity index (χ1) is 13.2. The lowest BCUT2D eigenvalue weighted by atomic mass is 10.2. The van der Waals surface area contributed by atoms with Crippen LogP contribution in [0, 0.1) is 0 Å². The summed E-state index contributed by atoms with van der Waals surface area (Å²) >= 11 is 0. The predicted molar refractivity (Wildman–Crippen MR) is 109 cm³/mol. The Kier molecular flexibility index (Phi) is 15.9. The molecule has 0 unspecified atom stereocenters. The molecule has 0 radical (unpaired) electrons. The SMILES string of the molecule is COC(=O)COCCOCCOCCOCCOCCO[Si](C)(C)C(C)(C)C. The monoisotopic (exact) mass is 424 g/mol. The normalized spacial score (nSPS) is 12.4. The molecule has 0 aliphatic rings. The highest BCUT2D eigenvalue weighted by atomic mass is 28.4. The zero-order valence-corrected chi connectivity index (χ0v) is 19.5. The zero-order valence-electron chi connectivity index (χ0n) is 18.5. The second kappa shape index (κ2) is 16.3. The first kappa shape index (κ1) is 27.4. The van der Waals surface area contributed by atoms with E-state index in [1.54, 1.807) is 0 Å². The number of carbonyl (C=O) groups excluding carboxylic acids is 1. The minimum atomic E-state index is -1.68. The van der Waals surface area contributed by atoms with Crippen LogP contribution in [0.3, 0.4) is 0 Å². The molecule has 0 bridgehead atoms. The molecule has 0 atom stereocenters. The highest BCUT2D eigenvalue weighted by molar-refractivity contribution is 6.74. The third kappa shape index (κ3) is 15.4. The molecule has 0 N–H and O–H groups in total. The van der Waals surface area contributed by atoms with E-state index in [1.807, 2.05) is 0 Å². The Balaban J connectivity index is 3.23. The molecule has 8 nitrogen and oxygen atoms in total. The molecular formula is C19H40O8Si. The summed E-state index contributed by atoms with van der Waals surface area (Å²) in [6.07, 6.45) is 0. The lowest BCUT2D eigenvalue weighted by molar-refractivity contribution is -0.146. The Hall–Kier alpha value is -0.553. The van der Waals surface area contributed by atoms with Gasteiger partial charge >= 0.3 is 5.97 Å². The van der Waals surface area contributed by atoms with Crippen molar-refractivity contribution in [1.29, 1.82) is 0 Å². The molecule has 0 spiro atoms. The summed E-state index contributed by atoms with van der Waals surface area (Å²) < 4.78 is 37.2. The third-order valence-electron chi connectivity index (χ3n) is 4.43. The molecule has 28 heavy (non-hydrogen) atoms. The summed E-state index contributed by atoms with van der Waals surface area (Å²) in [5, 5.41) is 0.222. The van der Waals surface area contributed by atoms with Crippen LogP contribution in [0.4, 0.5) is 0 Å². The van der Waals surface area contributed by atoms with Crippen LogP contribution < -0.4 is 0 Å². The standard InChI is InChI=1S/C19H40O8Si/c1-19(2,3)28(5,6)27-16-15-25-12-11-23-8-7-22-9-10-24-13-14-26-17-18(20)21-4/h7-17H2,1-6H3. The van der Waals surface area contributed by atoms with Gasteiger partial charge in [0.2, 0.25) is 0 Å². The van der Waals surface area contributed by atoms with Crippen LogP contribution in [0.2, 0.25) is 18.1 Å². The van der Waals surface area contributed by atoms with E-state index in [0.29, 0.717) is 66.1 Å². The molecule has 0 aromatic heterocycles. The van der Waals surface area contributed by atoms with Gasteiger partial charge in [0.05, 0.1) is 73.2 Å². The quantitative estimate of drug-likeness (QED) is 0.188. The molecule has 0 fully saturated rings. The fourth-order valence-electron chi connectivity index (χ4n) is 1.67. The molecule has 0 aliphatic heterocycles. The van der Waals surface area contributed by atoms with Gasteiger partial charge in [-0.25, -0.2) is 4.79 Å². The van der Waals surface area contributed by atoms with Gasteiger partial charge in [-0.1, -0.05) is 20.8 Å². The largest absolute Gasteiger partial charge is 0.467 e. The van der Waals surface area contributed by atoms with Crippen LogP contribution >= 0.6 is 0 Å². The smallest absolute Gasteiger partial charge is 0.331 e. The summed E-state index contributed by atoms with van der Waals surface area (Å²) in [6.45, 7) is 16.2. The van der Waals surface area contributed by atoms with Crippen molar-refractivity contribution in [3.8, 4) is 0 Å². The molecule has 0 heterocycles. The van der Waals surface area contributed by atoms with Crippen molar-refractivity contribution in [3.05, 3.63) is 0 Å². The zero-order chi connectivity index (χ0) is 21.3. The van der Waals surface area contributed by atoms with E-state index < -0.39 is 14.3 Å². The van der Waals surface area contributed by atoms with Crippen molar-refractivity contribution in [2.45, 2.75) is 38.9 Å². The second-order valence-corrected chi connectivity index (χ2v) is 12.5. The van der Waals surface area contributed by atoms with Gasteiger partial charge in [0.25, 0.3) is 0 Å². The van der Waals surface area contributed by atoms with E-state index in [2.05, 4.69) is 38.6 Å². The Morgan fingerprint density at radius 1 is 0.679 bits per heavy atom. The van der Waals surface area contributed by atoms with Gasteiger partial charge in [0, 0.05) is 0 Å². The van der Waals surface area contributed by atoms with E-state index in [0.717, 1.165) is 0 Å². The Morgan fingerprint density at radius 3 is 1.39 bits per heavy atom. The van der Waals surface area contributed by atoms with Crippen LogP contribution in [-0.4, -0.2) is 94.1 Å². The second-order valence-electron chi connectivity index (χ2n) is 7.69. The van der Waals surface area contributed by atoms with Crippen molar-refractivity contribution in [3.63, 3.8) is 0 Å². The molecular weight excluding hydrogens is 384 g/mol. The van der Waals surface area contributed by atoms with Gasteiger partial charge in [-0.3, -0.25) is 0 Å². The molecule has 0 amide bonds. The van der Waals surface area contributed by atoms with Gasteiger partial charge in [0.15, 0.2) is 8.32 Å². The number of hydrogen-bond donors (Lipinski definition) is 0. The van der Waals surface area contributed by atoms with Gasteiger partial charge in [-0.15, -0.1) is 0 Å². The maximum Gasteiger partial charge on any atom is 0.331 e. The van der Waals surface area contributed by atoms with Gasteiger partial charge in [-0.2, -0.15) is 0 Å². The van der Waals surface area contributed by atoms with E-state index in [9.17, 15) is 4.79 Å². The van der Waals surface area contributed by atoms with Crippen LogP contribution in [0.5, 0.6) is 0 Å². The molecule has 0 aliphatic carbocycles. The molecule has 0 rings (SSSR count). The Labute approximate surface area is 171 Å². The molecule has 168 valence electrons. The number of hydrogen-bond acceptors (Lipinski definition) is 8. The fraction of sp³-hybridized carbons (Fsp3) is 0.947. The summed E-state index contributed by atoms with van der Waals surface area (Å²) in [6, 6.07) is 0. The maximum atomic E-state index is 10.8. The van der Waals surface area contributed by atoms with Crippen LogP contribution in [0.1, 0.15) is 20.8 Å². The minimum absolute atomic E-state index is 0.0545. The number of esters is 1. The predicted octanol–water partition coefficient (Wildman–Crippen LogP) is 2.26. The van der Waals surface area contributed by atoms with E-state index in [1.165, 1.54) is 7.11 Å². The van der Waals surface area contributed by atoms with E-state index in [4.69, 9.17) is 28.1 Å². The lowest BCUT2D eigenvalue weighted by Crippen LogP contribution is -2.41. The molecule has 9 heteroatoms. The third-order valence-corrected chi connectivity index (χ3v) is 8.97. The number of rotatable bonds is 18. The number of ether oxygens (including phenoxy) is 6. The summed E-state index contributed by atoms with van der Waals surface area (Å²) in [7, 11) is -0.360. The highest BCUT2D eigenvalue weighted by Gasteiger charge is 2.36. The van der Waals surface area contributed by atoms with Crippen LogP contribution in [0.15, 0.2) is 0 Å². The van der Waals surface area contributed by atoms with Crippen molar-refractivity contribution < 1.29 is 37.6 Å². The average molecular weight is 425 g/mol. The summed E-state index contributed by atoms with van der Waals surface area (Å²) in [5.74, 6) is -0.395. The Morgan fingerprint density at radius 2 is 1.04 bits per heavy atom. The molecule has 0 aromatic rings. The summed E-state index contributed by atoms with van der Waals surface area (Å²) in [4.78, 5) is 10.8. The molecule has 0 aromatic carbocycles. The topological polar surface area (TPSA) is 81.7 Å². The average Bonchev–Trinajstić information content (AvgIpc) is 2.62. The first-order valence-corrected chi connectivity index (χ1v) is 12.7. The van der Waals surface area contributed by atoms with Crippen LogP contribution in [-0.2, 0) is 37.6 Å². The molecule has 0 saturated heterocycles. The molecule has 0 saturated carbocycles. The summed E-state index contributed by atoms with van der Waals surface area (Å²) in [5.41, 5.74) is 0. The van der Waals surface area contributed by atoms with Gasteiger partial charge in [0.1, 0.15) is 6.61 Å². The number of carbonyl (C=O) groups is 1. The number of methoxy groups -OCH3 is 1. The van der Waals surface area contributed by atoms with Crippen molar-refractivity contribution in [2.24, 2.45) is 0 Å². The fourth-order valence-corrected chi connectivity index (χ4v) is 2.69. The van der Waals surface area contributed by atoms with Crippen molar-refractivity contribution in [1.82, 2.24) is 0 Å². The van der Waals surface area contributed by atoms with Gasteiger partial charge in [-0.05, 0) is 18.1 Å². The van der Waals surface area contributed by atoms with Crippen molar-refractivity contribution >= 4 is 14.3 Å². The Bertz CT molecular complexity index is 385. The first-order valence-electron chi connectivity index (χ1n) is 9.80. The van der Waals surface area contributed by atoms with E-state index in [-0.39, 0.29) is 11.6 Å². The maximum absolute atomic E-state index is 10.8. The van der Waals surface area contributed by atoms with Crippen LogP contribution in [0.25, 0.3) is 0 Å².